The molecule has 1 amide bonds. The molecule has 1 fully saturated rings. The maximum Gasteiger partial charge on any atom is 0.225 e. The number of nitrogen functional groups attached to an aromatic ring is 1. The van der Waals surface area contributed by atoms with E-state index in [9.17, 15) is 4.79 Å². The van der Waals surface area contributed by atoms with E-state index >= 15 is 0 Å². The first-order valence-corrected chi connectivity index (χ1v) is 10.2. The number of aromatic amines is 1. The maximum atomic E-state index is 12.7. The zero-order chi connectivity index (χ0) is 19.8. The first-order valence-electron chi connectivity index (χ1n) is 10.2. The Labute approximate surface area is 172 Å². The molecule has 0 radical (unpaired) electrons. The van der Waals surface area contributed by atoms with Crippen molar-refractivity contribution in [3.8, 4) is 11.5 Å². The number of anilines is 1. The number of amides is 1. The number of para-hydroxylation sites is 2. The molecule has 1 aliphatic carbocycles. The lowest BCUT2D eigenvalue weighted by atomic mass is 10.0. The van der Waals surface area contributed by atoms with Gasteiger partial charge in [-0.15, -0.1) is 0 Å². The van der Waals surface area contributed by atoms with Gasteiger partial charge >= 0.3 is 0 Å². The number of carbonyl (C=O) groups is 1. The smallest absolute Gasteiger partial charge is 0.225 e. The van der Waals surface area contributed by atoms with Gasteiger partial charge in [0.15, 0.2) is 11.6 Å². The van der Waals surface area contributed by atoms with E-state index in [2.05, 4.69) is 21.0 Å². The fraction of sp³-hybridized carbons (Fsp3) is 0.364. The number of nitrogens with two attached hydrogens (primary N) is 1. The SMILES string of the molecule is Nc1ncc(C2=CCN(C(=O)C3CCCC3)CC2)nc1-c1nc2ccccc2[nH]1.[HH].[HH]. The second kappa shape index (κ2) is 7.31. The third-order valence-electron chi connectivity index (χ3n) is 5.97. The normalized spacial score (nSPS) is 17.7. The van der Waals surface area contributed by atoms with Crippen LogP contribution >= 0.6 is 0 Å². The molecule has 0 saturated heterocycles. The van der Waals surface area contributed by atoms with Crippen molar-refractivity contribution in [1.29, 1.82) is 0 Å². The quantitative estimate of drug-likeness (QED) is 0.704. The van der Waals surface area contributed by atoms with E-state index in [1.807, 2.05) is 29.2 Å². The molecule has 0 unspecified atom stereocenters. The highest BCUT2D eigenvalue weighted by atomic mass is 16.2. The minimum atomic E-state index is 0. The summed E-state index contributed by atoms with van der Waals surface area (Å²) in [5, 5.41) is 0. The van der Waals surface area contributed by atoms with Crippen molar-refractivity contribution >= 4 is 28.3 Å². The van der Waals surface area contributed by atoms with Crippen molar-refractivity contribution in [3.05, 3.63) is 42.2 Å². The second-order valence-corrected chi connectivity index (χ2v) is 7.84. The van der Waals surface area contributed by atoms with Gasteiger partial charge in [-0.1, -0.05) is 31.1 Å². The second-order valence-electron chi connectivity index (χ2n) is 7.84. The molecule has 7 heteroatoms. The molecule has 1 aliphatic heterocycles. The number of hydrogen-bond acceptors (Lipinski definition) is 5. The summed E-state index contributed by atoms with van der Waals surface area (Å²) in [6.07, 6.45) is 9.01. The van der Waals surface area contributed by atoms with Gasteiger partial charge < -0.3 is 15.6 Å². The van der Waals surface area contributed by atoms with Crippen molar-refractivity contribution in [2.24, 2.45) is 5.92 Å². The largest absolute Gasteiger partial charge is 0.382 e. The van der Waals surface area contributed by atoms with Crippen LogP contribution in [-0.2, 0) is 4.79 Å². The topological polar surface area (TPSA) is 101 Å². The van der Waals surface area contributed by atoms with Gasteiger partial charge in [-0.3, -0.25) is 4.79 Å². The highest BCUT2D eigenvalue weighted by Crippen LogP contribution is 2.30. The predicted octanol–water partition coefficient (Wildman–Crippen LogP) is 3.90. The van der Waals surface area contributed by atoms with Gasteiger partial charge in [0.1, 0.15) is 5.69 Å². The molecule has 7 nitrogen and oxygen atoms in total. The summed E-state index contributed by atoms with van der Waals surface area (Å²) < 4.78 is 0. The lowest BCUT2D eigenvalue weighted by molar-refractivity contribution is -0.134. The van der Waals surface area contributed by atoms with Gasteiger partial charge in [0.05, 0.1) is 22.9 Å². The first kappa shape index (κ1) is 17.8. The fourth-order valence-electron chi connectivity index (χ4n) is 4.33. The summed E-state index contributed by atoms with van der Waals surface area (Å²) in [7, 11) is 0. The van der Waals surface area contributed by atoms with Crippen LogP contribution in [-0.4, -0.2) is 43.8 Å². The number of nitrogens with zero attached hydrogens (tertiary/aromatic N) is 4. The lowest BCUT2D eigenvalue weighted by Gasteiger charge is -2.28. The molecular formula is C22H28N6O. The molecule has 29 heavy (non-hydrogen) atoms. The van der Waals surface area contributed by atoms with Crippen molar-refractivity contribution in [3.63, 3.8) is 0 Å². The van der Waals surface area contributed by atoms with Crippen LogP contribution in [0.15, 0.2) is 36.5 Å². The van der Waals surface area contributed by atoms with E-state index in [1.165, 1.54) is 12.8 Å². The Kier molecular flexibility index (Phi) is 4.50. The third kappa shape index (κ3) is 3.37. The molecular weight excluding hydrogens is 364 g/mol. The summed E-state index contributed by atoms with van der Waals surface area (Å²) in [6.45, 7) is 1.36. The van der Waals surface area contributed by atoms with Gasteiger partial charge in [0, 0.05) is 21.9 Å². The van der Waals surface area contributed by atoms with Gasteiger partial charge in [0.2, 0.25) is 5.91 Å². The maximum absolute atomic E-state index is 12.7. The summed E-state index contributed by atoms with van der Waals surface area (Å²) in [5.41, 5.74) is 10.4. The lowest BCUT2D eigenvalue weighted by Crippen LogP contribution is -2.38. The minimum Gasteiger partial charge on any atom is -0.382 e. The number of aromatic nitrogens is 4. The van der Waals surface area contributed by atoms with Crippen LogP contribution in [0.5, 0.6) is 0 Å². The summed E-state index contributed by atoms with van der Waals surface area (Å²) in [4.78, 5) is 31.6. The van der Waals surface area contributed by atoms with Crippen LogP contribution in [0, 0.1) is 5.92 Å². The third-order valence-corrected chi connectivity index (χ3v) is 5.97. The number of fused-ring (bicyclic) bond motifs is 1. The number of imidazole rings is 1. The first-order chi connectivity index (χ1) is 14.2. The molecule has 152 valence electrons. The molecule has 2 aliphatic rings. The van der Waals surface area contributed by atoms with E-state index in [4.69, 9.17) is 10.7 Å². The average Bonchev–Trinajstić information content (AvgIpc) is 3.44. The van der Waals surface area contributed by atoms with Gasteiger partial charge in [0.25, 0.3) is 0 Å². The Hall–Kier alpha value is -3.22. The molecule has 0 atom stereocenters. The monoisotopic (exact) mass is 392 g/mol. The van der Waals surface area contributed by atoms with E-state index in [0.717, 1.165) is 48.1 Å². The summed E-state index contributed by atoms with van der Waals surface area (Å²) in [5.74, 6) is 1.50. The molecule has 3 aromatic rings. The van der Waals surface area contributed by atoms with E-state index in [1.54, 1.807) is 6.20 Å². The predicted molar refractivity (Wildman–Crippen MR) is 117 cm³/mol. The zero-order valence-corrected chi connectivity index (χ0v) is 16.3. The van der Waals surface area contributed by atoms with Crippen molar-refractivity contribution in [2.45, 2.75) is 32.1 Å². The number of benzene rings is 1. The van der Waals surface area contributed by atoms with E-state index in [-0.39, 0.29) is 8.77 Å². The molecule has 0 spiro atoms. The summed E-state index contributed by atoms with van der Waals surface area (Å²) >= 11 is 0. The van der Waals surface area contributed by atoms with Gasteiger partial charge in [-0.25, -0.2) is 15.0 Å². The number of H-pyrrole nitrogens is 1. The van der Waals surface area contributed by atoms with E-state index in [0.29, 0.717) is 29.8 Å². The number of rotatable bonds is 3. The Balaban J connectivity index is 0.00000136. The van der Waals surface area contributed by atoms with Crippen LogP contribution < -0.4 is 5.73 Å². The fourth-order valence-corrected chi connectivity index (χ4v) is 4.33. The summed E-state index contributed by atoms with van der Waals surface area (Å²) in [6, 6.07) is 7.83. The van der Waals surface area contributed by atoms with Gasteiger partial charge in [-0.2, -0.15) is 0 Å². The minimum absolute atomic E-state index is 0. The van der Waals surface area contributed by atoms with Crippen molar-refractivity contribution in [2.75, 3.05) is 18.8 Å². The molecule has 3 heterocycles. The van der Waals surface area contributed by atoms with Crippen molar-refractivity contribution < 1.29 is 7.65 Å². The Bertz CT molecular complexity index is 1070. The molecule has 1 aromatic carbocycles. The molecule has 2 aromatic heterocycles. The Morgan fingerprint density at radius 2 is 2.03 bits per heavy atom. The van der Waals surface area contributed by atoms with E-state index < -0.39 is 0 Å². The molecule has 5 rings (SSSR count). The Morgan fingerprint density at radius 3 is 2.79 bits per heavy atom. The highest BCUT2D eigenvalue weighted by molar-refractivity contribution is 5.82. The number of carbonyl (C=O) groups excluding carboxylic acids is 1. The highest BCUT2D eigenvalue weighted by Gasteiger charge is 2.28. The van der Waals surface area contributed by atoms with Crippen LogP contribution in [0.25, 0.3) is 28.1 Å². The van der Waals surface area contributed by atoms with Crippen LogP contribution in [0.3, 0.4) is 0 Å². The molecule has 1 saturated carbocycles. The van der Waals surface area contributed by atoms with Gasteiger partial charge in [-0.05, 0) is 37.0 Å². The Morgan fingerprint density at radius 1 is 1.21 bits per heavy atom. The average molecular weight is 393 g/mol. The van der Waals surface area contributed by atoms with Crippen molar-refractivity contribution in [1.82, 2.24) is 24.8 Å². The van der Waals surface area contributed by atoms with Crippen LogP contribution in [0.4, 0.5) is 5.82 Å². The molecule has 3 N–H and O–H groups in total. The number of hydrogen-bond donors (Lipinski definition) is 2. The van der Waals surface area contributed by atoms with Crippen LogP contribution in [0.2, 0.25) is 0 Å². The van der Waals surface area contributed by atoms with Crippen LogP contribution in [0.1, 0.15) is 40.7 Å². The standard InChI is InChI=1S/C22H24N6O.2H2/c23-20-19(21-26-16-7-3-4-8-17(16)27-21)25-18(13-24-20)14-9-11-28(12-10-14)22(29)15-5-1-2-6-15;;/h3-4,7-9,13,15H,1-2,5-6,10-12H2,(H2,23,24)(H,26,27);2*1H. The molecule has 0 bridgehead atoms. The number of nitrogens with one attached hydrogen (secondary N) is 1. The zero-order valence-electron chi connectivity index (χ0n) is 16.3.